The van der Waals surface area contributed by atoms with Crippen LogP contribution in [-0.2, 0) is 4.74 Å². The fraction of sp³-hybridized carbons (Fsp3) is 0.375. The zero-order valence-corrected chi connectivity index (χ0v) is 13.2. The number of ether oxygens (including phenoxy) is 1. The average molecular weight is 328 g/mol. The van der Waals surface area contributed by atoms with E-state index in [0.717, 1.165) is 30.3 Å². The largest absolute Gasteiger partial charge is 0.383 e. The zero-order valence-electron chi connectivity index (χ0n) is 13.2. The van der Waals surface area contributed by atoms with Gasteiger partial charge in [0.25, 0.3) is 0 Å². The van der Waals surface area contributed by atoms with Gasteiger partial charge >= 0.3 is 0 Å². The number of methoxy groups -OCH3 is 1. The topological polar surface area (TPSA) is 79.8 Å². The van der Waals surface area contributed by atoms with Gasteiger partial charge in [0.1, 0.15) is 12.0 Å². The highest BCUT2D eigenvalue weighted by Crippen LogP contribution is 2.30. The van der Waals surface area contributed by atoms with Gasteiger partial charge < -0.3 is 14.6 Å². The highest BCUT2D eigenvalue weighted by atomic mass is 19.1. The van der Waals surface area contributed by atoms with E-state index in [1.165, 1.54) is 12.5 Å². The summed E-state index contributed by atoms with van der Waals surface area (Å²) in [6.45, 7) is 1.32. The Hall–Kier alpha value is -2.61. The molecule has 0 aromatic carbocycles. The van der Waals surface area contributed by atoms with Crippen LogP contribution in [0.1, 0.15) is 12.8 Å². The molecule has 24 heavy (non-hydrogen) atoms. The first-order valence-corrected chi connectivity index (χ1v) is 7.83. The van der Waals surface area contributed by atoms with Crippen molar-refractivity contribution in [2.75, 3.05) is 25.2 Å². The molecule has 1 aliphatic heterocycles. The van der Waals surface area contributed by atoms with Crippen molar-refractivity contribution in [3.8, 4) is 11.4 Å². The Bertz CT molecular complexity index is 867. The molecule has 1 fully saturated rings. The predicted octanol–water partition coefficient (Wildman–Crippen LogP) is 2.17. The van der Waals surface area contributed by atoms with Gasteiger partial charge in [-0.05, 0) is 12.8 Å². The molecule has 3 aromatic rings. The van der Waals surface area contributed by atoms with Crippen LogP contribution in [0.2, 0.25) is 0 Å². The van der Waals surface area contributed by atoms with Crippen LogP contribution in [0.5, 0.6) is 0 Å². The van der Waals surface area contributed by atoms with Gasteiger partial charge in [-0.2, -0.15) is 0 Å². The monoisotopic (exact) mass is 328 g/mol. The molecule has 1 aliphatic rings. The van der Waals surface area contributed by atoms with Crippen molar-refractivity contribution in [1.82, 2.24) is 24.9 Å². The lowest BCUT2D eigenvalue weighted by Gasteiger charge is -2.25. The second-order valence-electron chi connectivity index (χ2n) is 5.80. The van der Waals surface area contributed by atoms with Gasteiger partial charge in [-0.1, -0.05) is 0 Å². The minimum atomic E-state index is -0.419. The van der Waals surface area contributed by atoms with Crippen molar-refractivity contribution in [1.29, 1.82) is 0 Å². The fourth-order valence-corrected chi connectivity index (χ4v) is 3.21. The Morgan fingerprint density at radius 3 is 3.17 bits per heavy atom. The molecule has 0 spiro atoms. The quantitative estimate of drug-likeness (QED) is 0.791. The van der Waals surface area contributed by atoms with Gasteiger partial charge in [-0.25, -0.2) is 24.3 Å². The van der Waals surface area contributed by atoms with Crippen molar-refractivity contribution >= 4 is 16.9 Å². The van der Waals surface area contributed by atoms with E-state index in [0.29, 0.717) is 23.9 Å². The third kappa shape index (κ3) is 2.48. The first-order chi connectivity index (χ1) is 11.8. The smallest absolute Gasteiger partial charge is 0.183 e. The van der Waals surface area contributed by atoms with Gasteiger partial charge in [0.2, 0.25) is 0 Å². The van der Waals surface area contributed by atoms with Crippen molar-refractivity contribution in [3.05, 3.63) is 30.7 Å². The van der Waals surface area contributed by atoms with Crippen molar-refractivity contribution in [2.24, 2.45) is 0 Å². The Kier molecular flexibility index (Phi) is 3.81. The standard InChI is InChI=1S/C16H17FN6O/c1-24-8-10-3-2-4-23(10)16-13(17)7-20-15(22-16)12-6-19-14-11(12)5-18-9-21-14/h5-7,9-10H,2-4,8H2,1H3,(H,18,19,21)/t10-/m0/s1. The van der Waals surface area contributed by atoms with Crippen molar-refractivity contribution in [3.63, 3.8) is 0 Å². The van der Waals surface area contributed by atoms with E-state index in [4.69, 9.17) is 4.74 Å². The highest BCUT2D eigenvalue weighted by molar-refractivity contribution is 5.90. The van der Waals surface area contributed by atoms with Crippen LogP contribution in [0, 0.1) is 5.82 Å². The number of fused-ring (bicyclic) bond motifs is 1. The van der Waals surface area contributed by atoms with Crippen LogP contribution in [0.4, 0.5) is 10.2 Å². The van der Waals surface area contributed by atoms with Gasteiger partial charge in [0.15, 0.2) is 17.5 Å². The summed E-state index contributed by atoms with van der Waals surface area (Å²) in [4.78, 5) is 21.9. The van der Waals surface area contributed by atoms with Crippen LogP contribution in [0.3, 0.4) is 0 Å². The van der Waals surface area contributed by atoms with E-state index in [1.54, 1.807) is 19.5 Å². The van der Waals surface area contributed by atoms with E-state index in [-0.39, 0.29) is 6.04 Å². The number of rotatable bonds is 4. The number of hydrogen-bond donors (Lipinski definition) is 1. The van der Waals surface area contributed by atoms with Crippen LogP contribution in [-0.4, -0.2) is 51.2 Å². The summed E-state index contributed by atoms with van der Waals surface area (Å²) < 4.78 is 19.6. The summed E-state index contributed by atoms with van der Waals surface area (Å²) in [5, 5.41) is 0.810. The zero-order chi connectivity index (χ0) is 16.5. The molecule has 0 aliphatic carbocycles. The number of aromatic amines is 1. The van der Waals surface area contributed by atoms with Gasteiger partial charge in [0.05, 0.1) is 18.8 Å². The summed E-state index contributed by atoms with van der Waals surface area (Å²) >= 11 is 0. The minimum Gasteiger partial charge on any atom is -0.383 e. The normalized spacial score (nSPS) is 17.8. The van der Waals surface area contributed by atoms with E-state index >= 15 is 0 Å². The molecular formula is C16H17FN6O. The van der Waals surface area contributed by atoms with E-state index in [2.05, 4.69) is 24.9 Å². The van der Waals surface area contributed by atoms with E-state index in [1.807, 2.05) is 4.90 Å². The second kappa shape index (κ2) is 6.12. The Balaban J connectivity index is 1.76. The lowest BCUT2D eigenvalue weighted by atomic mass is 10.2. The SMILES string of the molecule is COC[C@@H]1CCCN1c1nc(-c2c[nH]c3ncncc23)ncc1F. The summed E-state index contributed by atoms with van der Waals surface area (Å²) in [6, 6.07) is 0.138. The van der Waals surface area contributed by atoms with Gasteiger partial charge in [-0.3, -0.25) is 0 Å². The lowest BCUT2D eigenvalue weighted by Crippen LogP contribution is -2.34. The molecule has 0 radical (unpaired) electrons. The molecule has 0 unspecified atom stereocenters. The molecule has 0 bridgehead atoms. The second-order valence-corrected chi connectivity index (χ2v) is 5.80. The fourth-order valence-electron chi connectivity index (χ4n) is 3.21. The number of halogens is 1. The molecule has 3 aromatic heterocycles. The van der Waals surface area contributed by atoms with Crippen LogP contribution >= 0.6 is 0 Å². The summed E-state index contributed by atoms with van der Waals surface area (Å²) in [5.74, 6) is 0.360. The molecular weight excluding hydrogens is 311 g/mol. The molecule has 7 nitrogen and oxygen atoms in total. The first kappa shape index (κ1) is 14.9. The van der Waals surface area contributed by atoms with Gasteiger partial charge in [0, 0.05) is 37.0 Å². The minimum absolute atomic E-state index is 0.138. The molecule has 1 N–H and O–H groups in total. The lowest BCUT2D eigenvalue weighted by molar-refractivity contribution is 0.180. The van der Waals surface area contributed by atoms with Crippen molar-refractivity contribution in [2.45, 2.75) is 18.9 Å². The van der Waals surface area contributed by atoms with Crippen LogP contribution in [0.25, 0.3) is 22.4 Å². The van der Waals surface area contributed by atoms with Crippen molar-refractivity contribution < 1.29 is 9.13 Å². The number of H-pyrrole nitrogens is 1. The Morgan fingerprint density at radius 2 is 2.29 bits per heavy atom. The Morgan fingerprint density at radius 1 is 1.38 bits per heavy atom. The number of hydrogen-bond acceptors (Lipinski definition) is 6. The molecule has 4 rings (SSSR count). The maximum Gasteiger partial charge on any atom is 0.183 e. The molecule has 124 valence electrons. The summed E-state index contributed by atoms with van der Waals surface area (Å²) in [5.41, 5.74) is 1.46. The Labute approximate surface area is 137 Å². The number of anilines is 1. The number of aromatic nitrogens is 5. The maximum absolute atomic E-state index is 14.4. The molecule has 0 saturated carbocycles. The maximum atomic E-state index is 14.4. The molecule has 0 amide bonds. The first-order valence-electron chi connectivity index (χ1n) is 7.83. The van der Waals surface area contributed by atoms with Crippen LogP contribution in [0.15, 0.2) is 24.9 Å². The predicted molar refractivity (Wildman–Crippen MR) is 87.1 cm³/mol. The third-order valence-electron chi connectivity index (χ3n) is 4.33. The van der Waals surface area contributed by atoms with Gasteiger partial charge in [-0.15, -0.1) is 0 Å². The van der Waals surface area contributed by atoms with Crippen LogP contribution < -0.4 is 4.90 Å². The molecule has 4 heterocycles. The number of nitrogens with one attached hydrogen (secondary N) is 1. The summed E-state index contributed by atoms with van der Waals surface area (Å²) in [7, 11) is 1.66. The average Bonchev–Trinajstić information content (AvgIpc) is 3.23. The highest BCUT2D eigenvalue weighted by Gasteiger charge is 2.28. The molecule has 1 atom stereocenters. The van der Waals surface area contributed by atoms with E-state index < -0.39 is 5.82 Å². The van der Waals surface area contributed by atoms with E-state index in [9.17, 15) is 4.39 Å². The number of nitrogens with zero attached hydrogens (tertiary/aromatic N) is 5. The molecule has 1 saturated heterocycles. The summed E-state index contributed by atoms with van der Waals surface area (Å²) in [6.07, 6.45) is 8.13. The third-order valence-corrected chi connectivity index (χ3v) is 4.33. The molecule has 8 heteroatoms.